The Labute approximate surface area is 121 Å². The molecule has 0 saturated heterocycles. The minimum Gasteiger partial charge on any atom is -0.271 e. The molecule has 1 aromatic heterocycles. The van der Waals surface area contributed by atoms with Crippen LogP contribution in [0, 0.1) is 13.8 Å². The van der Waals surface area contributed by atoms with Crippen LogP contribution in [0.4, 0.5) is 0 Å². The maximum Gasteiger partial charge on any atom is 0.0644 e. The summed E-state index contributed by atoms with van der Waals surface area (Å²) in [6.07, 6.45) is 2.81. The lowest BCUT2D eigenvalue weighted by atomic mass is 9.98. The van der Waals surface area contributed by atoms with Crippen LogP contribution in [0.5, 0.6) is 0 Å². The lowest BCUT2D eigenvalue weighted by Crippen LogP contribution is -2.29. The summed E-state index contributed by atoms with van der Waals surface area (Å²) in [4.78, 5) is 0. The van der Waals surface area contributed by atoms with Gasteiger partial charge in [0.15, 0.2) is 0 Å². The van der Waals surface area contributed by atoms with Gasteiger partial charge in [-0.25, -0.2) is 0 Å². The molecule has 0 fully saturated rings. The van der Waals surface area contributed by atoms with E-state index in [0.717, 1.165) is 12.1 Å². The number of aromatic nitrogens is 2. The van der Waals surface area contributed by atoms with Crippen molar-refractivity contribution in [3.05, 3.63) is 52.8 Å². The van der Waals surface area contributed by atoms with Gasteiger partial charge in [-0.05, 0) is 50.5 Å². The molecule has 0 spiro atoms. The predicted molar refractivity (Wildman–Crippen MR) is 82.3 cm³/mol. The number of hydrogen-bond acceptors (Lipinski definition) is 3. The highest BCUT2D eigenvalue weighted by Gasteiger charge is 2.13. The van der Waals surface area contributed by atoms with Gasteiger partial charge in [0.05, 0.1) is 11.7 Å². The zero-order chi connectivity index (χ0) is 14.7. The number of nitrogens with one attached hydrogen (secondary N) is 1. The Hall–Kier alpha value is -1.65. The molecule has 0 aliphatic heterocycles. The van der Waals surface area contributed by atoms with Crippen LogP contribution in [0.2, 0.25) is 0 Å². The van der Waals surface area contributed by atoms with Crippen molar-refractivity contribution >= 4 is 0 Å². The van der Waals surface area contributed by atoms with Gasteiger partial charge in [0.25, 0.3) is 0 Å². The maximum atomic E-state index is 5.72. The lowest BCUT2D eigenvalue weighted by Gasteiger charge is -2.16. The van der Waals surface area contributed by atoms with E-state index < -0.39 is 0 Å². The Morgan fingerprint density at radius 1 is 1.20 bits per heavy atom. The Morgan fingerprint density at radius 3 is 2.50 bits per heavy atom. The minimum atomic E-state index is 0.0878. The summed E-state index contributed by atoms with van der Waals surface area (Å²) < 4.78 is 1.98. The molecule has 4 heteroatoms. The number of hydrazine groups is 1. The highest BCUT2D eigenvalue weighted by atomic mass is 15.3. The molecular formula is C16H24N4. The van der Waals surface area contributed by atoms with Crippen LogP contribution in [0.15, 0.2) is 30.5 Å². The zero-order valence-corrected chi connectivity index (χ0v) is 12.7. The molecule has 0 saturated carbocycles. The molecule has 3 N–H and O–H groups in total. The quantitative estimate of drug-likeness (QED) is 0.650. The number of hydrogen-bond donors (Lipinski definition) is 2. The second kappa shape index (κ2) is 6.20. The molecule has 2 aromatic rings. The van der Waals surface area contributed by atoms with E-state index in [0.29, 0.717) is 6.04 Å². The number of benzene rings is 1. The fraction of sp³-hybridized carbons (Fsp3) is 0.438. The summed E-state index contributed by atoms with van der Waals surface area (Å²) >= 11 is 0. The van der Waals surface area contributed by atoms with Crippen LogP contribution in [0.3, 0.4) is 0 Å². The molecule has 0 aliphatic rings. The second-order valence-electron chi connectivity index (χ2n) is 5.65. The van der Waals surface area contributed by atoms with Gasteiger partial charge < -0.3 is 0 Å². The van der Waals surface area contributed by atoms with Crippen LogP contribution in [-0.4, -0.2) is 9.78 Å². The highest BCUT2D eigenvalue weighted by molar-refractivity contribution is 5.32. The fourth-order valence-corrected chi connectivity index (χ4v) is 2.24. The van der Waals surface area contributed by atoms with Gasteiger partial charge in [0, 0.05) is 18.7 Å². The summed E-state index contributed by atoms with van der Waals surface area (Å²) in [6.45, 7) is 8.49. The maximum absolute atomic E-state index is 5.72. The van der Waals surface area contributed by atoms with E-state index in [2.05, 4.69) is 62.5 Å². The molecule has 108 valence electrons. The molecule has 0 bridgehead atoms. The molecule has 1 unspecified atom stereocenters. The predicted octanol–water partition coefficient (Wildman–Crippen LogP) is 2.83. The van der Waals surface area contributed by atoms with E-state index in [1.807, 2.05) is 10.9 Å². The molecule has 0 aliphatic carbocycles. The van der Waals surface area contributed by atoms with Gasteiger partial charge in [-0.2, -0.15) is 5.10 Å². The Balaban J connectivity index is 2.17. The highest BCUT2D eigenvalue weighted by Crippen LogP contribution is 2.20. The van der Waals surface area contributed by atoms with Gasteiger partial charge in [-0.3, -0.25) is 16.0 Å². The van der Waals surface area contributed by atoms with Crippen LogP contribution in [-0.2, 0) is 6.42 Å². The summed E-state index contributed by atoms with van der Waals surface area (Å²) in [7, 11) is 0. The van der Waals surface area contributed by atoms with Gasteiger partial charge in [0.1, 0.15) is 0 Å². The molecule has 1 heterocycles. The molecule has 0 amide bonds. The van der Waals surface area contributed by atoms with Gasteiger partial charge in [-0.15, -0.1) is 0 Å². The number of rotatable bonds is 5. The van der Waals surface area contributed by atoms with E-state index in [1.165, 1.54) is 16.7 Å². The van der Waals surface area contributed by atoms with Gasteiger partial charge in [0.2, 0.25) is 0 Å². The summed E-state index contributed by atoms with van der Waals surface area (Å²) in [5.41, 5.74) is 7.75. The average molecular weight is 272 g/mol. The SMILES string of the molecule is Cc1ccc(C(Cc2ccn(C(C)C)n2)NN)cc1C. The van der Waals surface area contributed by atoms with Crippen LogP contribution in [0.25, 0.3) is 0 Å². The third-order valence-corrected chi connectivity index (χ3v) is 3.74. The molecule has 0 radical (unpaired) electrons. The van der Waals surface area contributed by atoms with E-state index in [-0.39, 0.29) is 6.04 Å². The smallest absolute Gasteiger partial charge is 0.0644 e. The van der Waals surface area contributed by atoms with Crippen molar-refractivity contribution in [2.45, 2.75) is 46.2 Å². The molecular weight excluding hydrogens is 248 g/mol. The van der Waals surface area contributed by atoms with Crippen molar-refractivity contribution in [1.82, 2.24) is 15.2 Å². The minimum absolute atomic E-state index is 0.0878. The molecule has 1 atom stereocenters. The topological polar surface area (TPSA) is 55.9 Å². The first-order valence-electron chi connectivity index (χ1n) is 7.08. The monoisotopic (exact) mass is 272 g/mol. The van der Waals surface area contributed by atoms with Crippen LogP contribution < -0.4 is 11.3 Å². The van der Waals surface area contributed by atoms with Crippen LogP contribution >= 0.6 is 0 Å². The fourth-order valence-electron chi connectivity index (χ4n) is 2.24. The molecule has 20 heavy (non-hydrogen) atoms. The van der Waals surface area contributed by atoms with Crippen molar-refractivity contribution in [2.24, 2.45) is 5.84 Å². The molecule has 4 nitrogen and oxygen atoms in total. The van der Waals surface area contributed by atoms with Gasteiger partial charge in [-0.1, -0.05) is 18.2 Å². The zero-order valence-electron chi connectivity index (χ0n) is 12.7. The molecule has 1 aromatic carbocycles. The van der Waals surface area contributed by atoms with Crippen molar-refractivity contribution < 1.29 is 0 Å². The van der Waals surface area contributed by atoms with E-state index >= 15 is 0 Å². The first-order chi connectivity index (χ1) is 9.51. The van der Waals surface area contributed by atoms with E-state index in [4.69, 9.17) is 5.84 Å². The number of nitrogens with two attached hydrogens (primary N) is 1. The van der Waals surface area contributed by atoms with E-state index in [9.17, 15) is 0 Å². The van der Waals surface area contributed by atoms with Crippen molar-refractivity contribution in [3.8, 4) is 0 Å². The number of aryl methyl sites for hydroxylation is 2. The van der Waals surface area contributed by atoms with Crippen molar-refractivity contribution in [3.63, 3.8) is 0 Å². The molecule has 2 rings (SSSR count). The normalized spacial score (nSPS) is 12.9. The largest absolute Gasteiger partial charge is 0.271 e. The third-order valence-electron chi connectivity index (χ3n) is 3.74. The standard InChI is InChI=1S/C16H24N4/c1-11(2)20-8-7-15(19-20)10-16(18-17)14-6-5-12(3)13(4)9-14/h5-9,11,16,18H,10,17H2,1-4H3. The third kappa shape index (κ3) is 3.26. The second-order valence-corrected chi connectivity index (χ2v) is 5.65. The lowest BCUT2D eigenvalue weighted by molar-refractivity contribution is 0.507. The Kier molecular flexibility index (Phi) is 4.57. The number of nitrogens with zero attached hydrogens (tertiary/aromatic N) is 2. The first kappa shape index (κ1) is 14.8. The first-order valence-corrected chi connectivity index (χ1v) is 7.08. The Bertz CT molecular complexity index is 572. The summed E-state index contributed by atoms with van der Waals surface area (Å²) in [6, 6.07) is 9.00. The van der Waals surface area contributed by atoms with Crippen molar-refractivity contribution in [2.75, 3.05) is 0 Å². The van der Waals surface area contributed by atoms with Crippen molar-refractivity contribution in [1.29, 1.82) is 0 Å². The van der Waals surface area contributed by atoms with Crippen LogP contribution in [0.1, 0.15) is 48.3 Å². The Morgan fingerprint density at radius 2 is 1.95 bits per heavy atom. The van der Waals surface area contributed by atoms with E-state index in [1.54, 1.807) is 0 Å². The summed E-state index contributed by atoms with van der Waals surface area (Å²) in [5, 5.41) is 4.58. The average Bonchev–Trinajstić information content (AvgIpc) is 2.88. The summed E-state index contributed by atoms with van der Waals surface area (Å²) in [5.74, 6) is 5.72. The van der Waals surface area contributed by atoms with Gasteiger partial charge >= 0.3 is 0 Å².